The number of nitrogens with one attached hydrogen (secondary N) is 1. The highest BCUT2D eigenvalue weighted by molar-refractivity contribution is 5.54. The first-order valence-electron chi connectivity index (χ1n) is 6.26. The number of halogens is 1. The number of hydrogen-bond acceptors (Lipinski definition) is 2. The van der Waals surface area contributed by atoms with Crippen molar-refractivity contribution in [3.05, 3.63) is 42.0 Å². The van der Waals surface area contributed by atoms with E-state index in [1.807, 2.05) is 17.7 Å². The van der Waals surface area contributed by atoms with Crippen LogP contribution in [0, 0.1) is 12.7 Å². The minimum Gasteiger partial charge on any atom is -0.323 e. The molecule has 0 aliphatic rings. The third-order valence-corrected chi connectivity index (χ3v) is 2.77. The average molecular weight is 247 g/mol. The lowest BCUT2D eigenvalue weighted by molar-refractivity contribution is 0.626. The highest BCUT2D eigenvalue weighted by Crippen LogP contribution is 2.19. The Bertz CT molecular complexity index is 520. The van der Waals surface area contributed by atoms with Crippen molar-refractivity contribution in [1.82, 2.24) is 9.55 Å². The molecule has 1 N–H and O–H groups in total. The summed E-state index contributed by atoms with van der Waals surface area (Å²) < 4.78 is 15.6. The van der Waals surface area contributed by atoms with Crippen LogP contribution in [-0.2, 0) is 6.54 Å². The highest BCUT2D eigenvalue weighted by atomic mass is 19.1. The van der Waals surface area contributed by atoms with Crippen molar-refractivity contribution in [2.75, 3.05) is 5.32 Å². The summed E-state index contributed by atoms with van der Waals surface area (Å²) in [4.78, 5) is 4.39. The van der Waals surface area contributed by atoms with E-state index >= 15 is 0 Å². The van der Waals surface area contributed by atoms with Crippen LogP contribution in [0.15, 0.2) is 30.5 Å². The Morgan fingerprint density at radius 2 is 2.11 bits per heavy atom. The molecule has 0 amide bonds. The van der Waals surface area contributed by atoms with Gasteiger partial charge >= 0.3 is 0 Å². The van der Waals surface area contributed by atoms with Crippen LogP contribution < -0.4 is 5.32 Å². The van der Waals surface area contributed by atoms with Crippen molar-refractivity contribution in [2.24, 2.45) is 0 Å². The standard InChI is InChI=1S/C14H18FN3/c1-3-4-9-18-10-11(2)16-14(18)17-13-8-6-5-7-12(13)15/h5-8,10H,3-4,9H2,1-2H3,(H,16,17). The second-order valence-corrected chi connectivity index (χ2v) is 4.36. The van der Waals surface area contributed by atoms with Gasteiger partial charge < -0.3 is 9.88 Å². The van der Waals surface area contributed by atoms with E-state index in [-0.39, 0.29) is 5.82 Å². The first kappa shape index (κ1) is 12.6. The van der Waals surface area contributed by atoms with E-state index in [1.54, 1.807) is 18.2 Å². The lowest BCUT2D eigenvalue weighted by Crippen LogP contribution is -2.04. The molecule has 18 heavy (non-hydrogen) atoms. The lowest BCUT2D eigenvalue weighted by atomic mass is 10.3. The van der Waals surface area contributed by atoms with Gasteiger partial charge in [0, 0.05) is 12.7 Å². The van der Waals surface area contributed by atoms with Crippen LogP contribution in [0.1, 0.15) is 25.5 Å². The van der Waals surface area contributed by atoms with E-state index in [0.29, 0.717) is 11.6 Å². The zero-order valence-corrected chi connectivity index (χ0v) is 10.8. The Kier molecular flexibility index (Phi) is 3.97. The molecule has 0 saturated carbocycles. The molecule has 0 bridgehead atoms. The van der Waals surface area contributed by atoms with Gasteiger partial charge in [0.2, 0.25) is 5.95 Å². The number of benzene rings is 1. The smallest absolute Gasteiger partial charge is 0.207 e. The average Bonchev–Trinajstić information content (AvgIpc) is 2.70. The summed E-state index contributed by atoms with van der Waals surface area (Å²) in [5.41, 5.74) is 1.39. The summed E-state index contributed by atoms with van der Waals surface area (Å²) in [6, 6.07) is 6.63. The molecule has 0 aliphatic heterocycles. The fourth-order valence-electron chi connectivity index (χ4n) is 1.83. The predicted molar refractivity (Wildman–Crippen MR) is 71.6 cm³/mol. The summed E-state index contributed by atoms with van der Waals surface area (Å²) in [6.07, 6.45) is 4.19. The van der Waals surface area contributed by atoms with Crippen molar-refractivity contribution < 1.29 is 4.39 Å². The van der Waals surface area contributed by atoms with Crippen molar-refractivity contribution in [3.8, 4) is 0 Å². The molecule has 2 rings (SSSR count). The van der Waals surface area contributed by atoms with Gasteiger partial charge in [-0.1, -0.05) is 25.5 Å². The van der Waals surface area contributed by atoms with Crippen LogP contribution in [0.4, 0.5) is 16.0 Å². The molecule has 0 fully saturated rings. The lowest BCUT2D eigenvalue weighted by Gasteiger charge is -2.09. The third-order valence-electron chi connectivity index (χ3n) is 2.77. The number of aromatic nitrogens is 2. The first-order valence-corrected chi connectivity index (χ1v) is 6.26. The zero-order valence-electron chi connectivity index (χ0n) is 10.8. The molecular formula is C14H18FN3. The summed E-state index contributed by atoms with van der Waals surface area (Å²) in [6.45, 7) is 4.98. The van der Waals surface area contributed by atoms with Gasteiger partial charge in [0.25, 0.3) is 0 Å². The number of nitrogens with zero attached hydrogens (tertiary/aromatic N) is 2. The van der Waals surface area contributed by atoms with E-state index in [2.05, 4.69) is 17.2 Å². The normalized spacial score (nSPS) is 10.6. The van der Waals surface area contributed by atoms with Gasteiger partial charge in [-0.3, -0.25) is 0 Å². The van der Waals surface area contributed by atoms with Crippen LogP contribution in [-0.4, -0.2) is 9.55 Å². The Hall–Kier alpha value is -1.84. The number of aryl methyl sites for hydroxylation is 2. The van der Waals surface area contributed by atoms with Gasteiger partial charge in [0.05, 0.1) is 11.4 Å². The van der Waals surface area contributed by atoms with Crippen molar-refractivity contribution in [2.45, 2.75) is 33.2 Å². The molecule has 96 valence electrons. The van der Waals surface area contributed by atoms with E-state index in [9.17, 15) is 4.39 Å². The number of hydrogen-bond donors (Lipinski definition) is 1. The van der Waals surface area contributed by atoms with Gasteiger partial charge in [-0.05, 0) is 25.5 Å². The minimum atomic E-state index is -0.264. The maximum Gasteiger partial charge on any atom is 0.207 e. The van der Waals surface area contributed by atoms with E-state index in [0.717, 1.165) is 25.1 Å². The quantitative estimate of drug-likeness (QED) is 0.869. The third kappa shape index (κ3) is 2.88. The molecule has 1 aromatic heterocycles. The van der Waals surface area contributed by atoms with E-state index < -0.39 is 0 Å². The summed E-state index contributed by atoms with van der Waals surface area (Å²) in [5.74, 6) is 0.436. The maximum absolute atomic E-state index is 13.6. The molecule has 0 atom stereocenters. The van der Waals surface area contributed by atoms with Gasteiger partial charge in [-0.15, -0.1) is 0 Å². The summed E-state index contributed by atoms with van der Waals surface area (Å²) in [7, 11) is 0. The molecule has 0 unspecified atom stereocenters. The molecule has 4 heteroatoms. The molecule has 3 nitrogen and oxygen atoms in total. The van der Waals surface area contributed by atoms with Crippen LogP contribution in [0.25, 0.3) is 0 Å². The summed E-state index contributed by atoms with van der Waals surface area (Å²) >= 11 is 0. The SMILES string of the molecule is CCCCn1cc(C)nc1Nc1ccccc1F. The topological polar surface area (TPSA) is 29.9 Å². The molecule has 0 aliphatic carbocycles. The molecule has 0 saturated heterocycles. The highest BCUT2D eigenvalue weighted by Gasteiger charge is 2.07. The van der Waals surface area contributed by atoms with Gasteiger partial charge in [-0.25, -0.2) is 9.37 Å². The van der Waals surface area contributed by atoms with Crippen molar-refractivity contribution in [3.63, 3.8) is 0 Å². The Morgan fingerprint density at radius 3 is 2.83 bits per heavy atom. The Morgan fingerprint density at radius 1 is 1.33 bits per heavy atom. The number of unbranched alkanes of at least 4 members (excludes halogenated alkanes) is 1. The van der Waals surface area contributed by atoms with Crippen LogP contribution >= 0.6 is 0 Å². The van der Waals surface area contributed by atoms with Gasteiger partial charge in [-0.2, -0.15) is 0 Å². The number of rotatable bonds is 5. The molecule has 2 aromatic rings. The second-order valence-electron chi connectivity index (χ2n) is 4.36. The monoisotopic (exact) mass is 247 g/mol. The van der Waals surface area contributed by atoms with Crippen molar-refractivity contribution in [1.29, 1.82) is 0 Å². The maximum atomic E-state index is 13.6. The molecule has 1 aromatic carbocycles. The van der Waals surface area contributed by atoms with Gasteiger partial charge in [0.1, 0.15) is 5.82 Å². The van der Waals surface area contributed by atoms with E-state index in [1.165, 1.54) is 6.07 Å². The van der Waals surface area contributed by atoms with Crippen molar-refractivity contribution >= 4 is 11.6 Å². The predicted octanol–water partition coefficient (Wildman–Crippen LogP) is 3.87. The minimum absolute atomic E-state index is 0.264. The molecule has 0 radical (unpaired) electrons. The Balaban J connectivity index is 2.20. The molecule has 0 spiro atoms. The fraction of sp³-hybridized carbons (Fsp3) is 0.357. The molecule has 1 heterocycles. The zero-order chi connectivity index (χ0) is 13.0. The molecular weight excluding hydrogens is 229 g/mol. The Labute approximate surface area is 107 Å². The number of para-hydroxylation sites is 1. The number of imidazole rings is 1. The fourth-order valence-corrected chi connectivity index (χ4v) is 1.83. The summed E-state index contributed by atoms with van der Waals surface area (Å²) in [5, 5.41) is 3.05. The van der Waals surface area contributed by atoms with E-state index in [4.69, 9.17) is 0 Å². The first-order chi connectivity index (χ1) is 8.70. The van der Waals surface area contributed by atoms with Crippen LogP contribution in [0.5, 0.6) is 0 Å². The van der Waals surface area contributed by atoms with Gasteiger partial charge in [0.15, 0.2) is 0 Å². The largest absolute Gasteiger partial charge is 0.323 e. The number of anilines is 2. The second kappa shape index (κ2) is 5.67. The van der Waals surface area contributed by atoms with Crippen LogP contribution in [0.3, 0.4) is 0 Å². The van der Waals surface area contributed by atoms with Crippen LogP contribution in [0.2, 0.25) is 0 Å².